The van der Waals surface area contributed by atoms with Crippen LogP contribution in [0.3, 0.4) is 0 Å². The van der Waals surface area contributed by atoms with Gasteiger partial charge in [-0.05, 0) is 43.5 Å². The molecule has 0 saturated heterocycles. The molecule has 1 fully saturated rings. The van der Waals surface area contributed by atoms with Crippen LogP contribution in [0.1, 0.15) is 36.0 Å². The molecular weight excluding hydrogens is 246 g/mol. The Hall–Kier alpha value is -1.67. The van der Waals surface area contributed by atoms with Crippen LogP contribution in [0.4, 0.5) is 0 Å². The van der Waals surface area contributed by atoms with Gasteiger partial charge in [-0.25, -0.2) is 0 Å². The van der Waals surface area contributed by atoms with Crippen LogP contribution in [-0.2, 0) is 0 Å². The maximum absolute atomic E-state index is 12.8. The molecule has 2 aromatic rings. The van der Waals surface area contributed by atoms with E-state index in [-0.39, 0.29) is 5.92 Å². The van der Waals surface area contributed by atoms with Gasteiger partial charge in [0.1, 0.15) is 0 Å². The highest BCUT2D eigenvalue weighted by molar-refractivity contribution is 6.09. The predicted octanol–water partition coefficient (Wildman–Crippen LogP) is 3.80. The molecule has 2 heteroatoms. The van der Waals surface area contributed by atoms with E-state index in [1.54, 1.807) is 0 Å². The summed E-state index contributed by atoms with van der Waals surface area (Å²) in [6.07, 6.45) is 4.23. The van der Waals surface area contributed by atoms with Gasteiger partial charge in [-0.2, -0.15) is 0 Å². The van der Waals surface area contributed by atoms with Crippen molar-refractivity contribution in [3.63, 3.8) is 0 Å². The number of nitrogens with one attached hydrogen (secondary N) is 1. The summed E-state index contributed by atoms with van der Waals surface area (Å²) >= 11 is 0. The molecule has 0 unspecified atom stereocenters. The minimum Gasteiger partial charge on any atom is -0.317 e. The summed E-state index contributed by atoms with van der Waals surface area (Å²) in [7, 11) is 2.01. The molecule has 1 saturated carbocycles. The van der Waals surface area contributed by atoms with Gasteiger partial charge in [0.2, 0.25) is 0 Å². The van der Waals surface area contributed by atoms with Gasteiger partial charge < -0.3 is 5.32 Å². The Bertz CT molecular complexity index is 606. The van der Waals surface area contributed by atoms with E-state index in [0.717, 1.165) is 42.0 Å². The second-order valence-electron chi connectivity index (χ2n) is 5.73. The van der Waals surface area contributed by atoms with Crippen molar-refractivity contribution in [1.82, 2.24) is 5.32 Å². The SMILES string of the molecule is CNC1CCC(C(=O)c2cccc3ccccc23)CC1. The van der Waals surface area contributed by atoms with Crippen molar-refractivity contribution in [1.29, 1.82) is 0 Å². The normalized spacial score (nSPS) is 22.9. The van der Waals surface area contributed by atoms with Gasteiger partial charge >= 0.3 is 0 Å². The molecule has 104 valence electrons. The van der Waals surface area contributed by atoms with Crippen molar-refractivity contribution >= 4 is 16.6 Å². The van der Waals surface area contributed by atoms with Gasteiger partial charge in [-0.15, -0.1) is 0 Å². The van der Waals surface area contributed by atoms with Crippen LogP contribution in [0.5, 0.6) is 0 Å². The largest absolute Gasteiger partial charge is 0.317 e. The molecule has 0 heterocycles. The molecule has 0 aliphatic heterocycles. The Morgan fingerprint density at radius 2 is 1.70 bits per heavy atom. The fourth-order valence-corrected chi connectivity index (χ4v) is 3.30. The van der Waals surface area contributed by atoms with Crippen molar-refractivity contribution < 1.29 is 4.79 Å². The first-order chi connectivity index (χ1) is 9.79. The van der Waals surface area contributed by atoms with Crippen molar-refractivity contribution in [2.45, 2.75) is 31.7 Å². The van der Waals surface area contributed by atoms with Crippen molar-refractivity contribution in [2.75, 3.05) is 7.05 Å². The molecule has 1 aliphatic carbocycles. The van der Waals surface area contributed by atoms with Crippen molar-refractivity contribution in [3.05, 3.63) is 48.0 Å². The Morgan fingerprint density at radius 3 is 2.45 bits per heavy atom. The number of carbonyl (C=O) groups is 1. The number of benzene rings is 2. The summed E-state index contributed by atoms with van der Waals surface area (Å²) < 4.78 is 0. The Labute approximate surface area is 120 Å². The highest BCUT2D eigenvalue weighted by atomic mass is 16.1. The Kier molecular flexibility index (Phi) is 3.83. The molecule has 1 aliphatic rings. The van der Waals surface area contributed by atoms with Crippen LogP contribution in [0.2, 0.25) is 0 Å². The Morgan fingerprint density at radius 1 is 1.00 bits per heavy atom. The van der Waals surface area contributed by atoms with Crippen LogP contribution >= 0.6 is 0 Å². The molecule has 0 spiro atoms. The lowest BCUT2D eigenvalue weighted by Gasteiger charge is -2.27. The molecule has 20 heavy (non-hydrogen) atoms. The summed E-state index contributed by atoms with van der Waals surface area (Å²) in [5.41, 5.74) is 0.899. The zero-order valence-corrected chi connectivity index (χ0v) is 11.9. The molecule has 0 radical (unpaired) electrons. The van der Waals surface area contributed by atoms with E-state index in [4.69, 9.17) is 0 Å². The summed E-state index contributed by atoms with van der Waals surface area (Å²) in [6.45, 7) is 0. The zero-order chi connectivity index (χ0) is 13.9. The summed E-state index contributed by atoms with van der Waals surface area (Å²) in [6, 6.07) is 14.8. The van der Waals surface area contributed by atoms with E-state index in [1.807, 2.05) is 31.3 Å². The molecule has 0 atom stereocenters. The maximum Gasteiger partial charge on any atom is 0.166 e. The third-order valence-electron chi connectivity index (χ3n) is 4.56. The highest BCUT2D eigenvalue weighted by Crippen LogP contribution is 2.29. The number of rotatable bonds is 3. The molecule has 0 aromatic heterocycles. The molecule has 2 aromatic carbocycles. The maximum atomic E-state index is 12.8. The molecule has 3 rings (SSSR count). The van der Waals surface area contributed by atoms with E-state index >= 15 is 0 Å². The first-order valence-corrected chi connectivity index (χ1v) is 7.49. The molecule has 1 N–H and O–H groups in total. The third kappa shape index (κ3) is 2.48. The van der Waals surface area contributed by atoms with Gasteiger partial charge in [-0.3, -0.25) is 4.79 Å². The molecular formula is C18H21NO. The van der Waals surface area contributed by atoms with Crippen LogP contribution < -0.4 is 5.32 Å². The monoisotopic (exact) mass is 267 g/mol. The van der Waals surface area contributed by atoms with Crippen molar-refractivity contribution in [3.8, 4) is 0 Å². The number of fused-ring (bicyclic) bond motifs is 1. The van der Waals surface area contributed by atoms with E-state index in [1.165, 1.54) is 0 Å². The van der Waals surface area contributed by atoms with E-state index < -0.39 is 0 Å². The van der Waals surface area contributed by atoms with Gasteiger partial charge in [0.15, 0.2) is 5.78 Å². The topological polar surface area (TPSA) is 29.1 Å². The van der Waals surface area contributed by atoms with E-state index in [0.29, 0.717) is 11.8 Å². The quantitative estimate of drug-likeness (QED) is 0.857. The average molecular weight is 267 g/mol. The van der Waals surface area contributed by atoms with Crippen molar-refractivity contribution in [2.24, 2.45) is 5.92 Å². The Balaban J connectivity index is 1.86. The fraction of sp³-hybridized carbons (Fsp3) is 0.389. The third-order valence-corrected chi connectivity index (χ3v) is 4.56. The molecule has 2 nitrogen and oxygen atoms in total. The second-order valence-corrected chi connectivity index (χ2v) is 5.73. The van der Waals surface area contributed by atoms with Crippen LogP contribution in [0.15, 0.2) is 42.5 Å². The van der Waals surface area contributed by atoms with Gasteiger partial charge in [0.25, 0.3) is 0 Å². The smallest absolute Gasteiger partial charge is 0.166 e. The van der Waals surface area contributed by atoms with Gasteiger partial charge in [0.05, 0.1) is 0 Å². The first-order valence-electron chi connectivity index (χ1n) is 7.49. The number of carbonyl (C=O) groups excluding carboxylic acids is 1. The number of hydrogen-bond donors (Lipinski definition) is 1. The van der Waals surface area contributed by atoms with E-state index in [2.05, 4.69) is 23.5 Å². The van der Waals surface area contributed by atoms with Gasteiger partial charge in [-0.1, -0.05) is 42.5 Å². The lowest BCUT2D eigenvalue weighted by Crippen LogP contribution is -2.32. The minimum absolute atomic E-state index is 0.199. The number of ketones is 1. The lowest BCUT2D eigenvalue weighted by atomic mass is 9.81. The van der Waals surface area contributed by atoms with E-state index in [9.17, 15) is 4.79 Å². The van der Waals surface area contributed by atoms with Crippen LogP contribution in [0.25, 0.3) is 10.8 Å². The molecule has 0 amide bonds. The van der Waals surface area contributed by atoms with Crippen LogP contribution in [0, 0.1) is 5.92 Å². The average Bonchev–Trinajstić information content (AvgIpc) is 2.54. The highest BCUT2D eigenvalue weighted by Gasteiger charge is 2.26. The fourth-order valence-electron chi connectivity index (χ4n) is 3.30. The lowest BCUT2D eigenvalue weighted by molar-refractivity contribution is 0.0882. The first kappa shape index (κ1) is 13.3. The summed E-state index contributed by atoms with van der Waals surface area (Å²) in [5, 5.41) is 5.57. The summed E-state index contributed by atoms with van der Waals surface area (Å²) in [5.74, 6) is 0.529. The van der Waals surface area contributed by atoms with Crippen LogP contribution in [-0.4, -0.2) is 18.9 Å². The standard InChI is InChI=1S/C18H21NO/c1-19-15-11-9-14(10-12-15)18(20)17-8-4-6-13-5-2-3-7-16(13)17/h2-8,14-15,19H,9-12H2,1H3. The zero-order valence-electron chi connectivity index (χ0n) is 11.9. The second kappa shape index (κ2) is 5.76. The number of Topliss-reactive ketones (excluding diaryl/α,β-unsaturated/α-hetero) is 1. The summed E-state index contributed by atoms with van der Waals surface area (Å²) in [4.78, 5) is 12.8. The minimum atomic E-state index is 0.199. The van der Waals surface area contributed by atoms with Gasteiger partial charge in [0, 0.05) is 17.5 Å². The number of hydrogen-bond acceptors (Lipinski definition) is 2. The molecule has 0 bridgehead atoms. The predicted molar refractivity (Wildman–Crippen MR) is 83.1 cm³/mol.